The van der Waals surface area contributed by atoms with E-state index in [1.165, 1.54) is 95.8 Å². The Labute approximate surface area is 768 Å². The monoisotopic (exact) mass is 1870 g/mol. The molecular weight excluding hydrogens is 1780 g/mol. The normalized spacial score (nSPS) is 12.2. The number of nitrogens with two attached hydrogens (primary N) is 6. The van der Waals surface area contributed by atoms with Gasteiger partial charge in [0.1, 0.15) is 56.0 Å². The molecule has 666 valence electrons. The first-order valence-corrected chi connectivity index (χ1v) is 46.2. The minimum Gasteiger partial charge on any atom is -0.496 e. The Morgan fingerprint density at radius 3 is 1.18 bits per heavy atom. The molecule has 0 bridgehead atoms. The summed E-state index contributed by atoms with van der Waals surface area (Å²) in [5, 5.41) is 13.4. The van der Waals surface area contributed by atoms with Crippen molar-refractivity contribution in [3.63, 3.8) is 0 Å². The van der Waals surface area contributed by atoms with Gasteiger partial charge >= 0.3 is 0 Å². The summed E-state index contributed by atoms with van der Waals surface area (Å²) in [6.07, 6.45) is 4.71. The molecule has 131 heavy (non-hydrogen) atoms. The molecule has 14 heterocycles. The standard InChI is InChI=1S/C19H20N4O3S.C17H16N4O2S.C16H16N4O2S.C15H14N4O2S.C13H11N3OS.C12H9N3OS/c1-10-7-11-3-5-23(6-4-12(11)8-14(10)26-2)18(25)13-9-27-16-15(13)21-19(20)22-17(16)24;18-17-19-13-12(9-24-14(13)15(22)20-17)16(23)21-7-5-10-3-1-2-4-11(10)6-8-21;1-20(8-7-10-5-3-2-4-6-10)15(22)11-9-23-13-12(11)18-16(17)19-14(13)21;16-15-18-11-10(8-22-12(11)14(21)19-15)13(20)17-7-6-9-4-2-1-3-5-9;1-7-4-2-3-5-8(7)9-6-18-11-10(9)15-13(14)16-12(11)17;13-12-14-9-8(7-4-2-1-3-5-7)6-17-10(9)11(16)15-12/h7-9H,3-6H2,1-2H3,(H3,20,21,22,24);1-4,9H,5-8H2,(H3,18,19,20,22);2-6,9H,7-8H2,1H3,(H3,17,18,19,21);1-5,8H,6-7H2,(H,17,20)(H3,16,18,19,21);2-6H,1H3,(H3,14,15,16,17);1-6H,(H3,13,14,15,16). The van der Waals surface area contributed by atoms with Crippen LogP contribution in [0.25, 0.3) is 83.6 Å². The highest BCUT2D eigenvalue weighted by Crippen LogP contribution is 2.36. The lowest BCUT2D eigenvalue weighted by atomic mass is 10.00. The predicted molar refractivity (Wildman–Crippen MR) is 524 cm³/mol. The number of nitrogens with zero attached hydrogens (tertiary/aromatic N) is 9. The summed E-state index contributed by atoms with van der Waals surface area (Å²) in [4.78, 5) is 167. The Bertz CT molecular complexity index is 7680. The van der Waals surface area contributed by atoms with E-state index in [0.29, 0.717) is 123 Å². The molecule has 6 aromatic carbocycles. The number of benzene rings is 6. The minimum absolute atomic E-state index is 0.00855. The molecule has 4 amide bonds. The van der Waals surface area contributed by atoms with Crippen molar-refractivity contribution in [1.29, 1.82) is 0 Å². The number of aromatic nitrogens is 12. The van der Waals surface area contributed by atoms with Crippen LogP contribution in [0.4, 0.5) is 35.7 Å². The first kappa shape index (κ1) is 90.6. The number of rotatable bonds is 13. The van der Waals surface area contributed by atoms with Crippen LogP contribution in [0.3, 0.4) is 0 Å². The molecule has 0 atom stereocenters. The first-order valence-electron chi connectivity index (χ1n) is 40.9. The van der Waals surface area contributed by atoms with Crippen LogP contribution in [0.15, 0.2) is 213 Å². The number of methoxy groups -OCH3 is 1. The van der Waals surface area contributed by atoms with E-state index in [1.54, 1.807) is 40.6 Å². The van der Waals surface area contributed by atoms with E-state index in [2.05, 4.69) is 89.4 Å². The average molecular weight is 1870 g/mol. The van der Waals surface area contributed by atoms with Crippen molar-refractivity contribution in [2.24, 2.45) is 0 Å². The third-order valence-electron chi connectivity index (χ3n) is 21.6. The van der Waals surface area contributed by atoms with Crippen LogP contribution in [0, 0.1) is 13.8 Å². The zero-order valence-corrected chi connectivity index (χ0v) is 75.7. The molecule has 0 fully saturated rings. The van der Waals surface area contributed by atoms with Crippen LogP contribution in [-0.2, 0) is 38.5 Å². The Morgan fingerprint density at radius 1 is 0.389 bits per heavy atom. The number of hydrogen-bond acceptors (Lipinski definition) is 29. The number of anilines is 6. The van der Waals surface area contributed by atoms with Gasteiger partial charge in [-0.3, -0.25) is 77.8 Å². The van der Waals surface area contributed by atoms with Crippen LogP contribution in [0.1, 0.15) is 85.9 Å². The maximum Gasteiger partial charge on any atom is 0.270 e. The van der Waals surface area contributed by atoms with Gasteiger partial charge in [-0.25, -0.2) is 29.9 Å². The summed E-state index contributed by atoms with van der Waals surface area (Å²) in [6, 6.07) is 50.2. The number of aromatic amines is 6. The summed E-state index contributed by atoms with van der Waals surface area (Å²) >= 11 is 7.60. The SMILES string of the molecule is CN(CCc1ccccc1)C(=O)c1csc2c(=O)[nH]c(N)nc12.COc1cc2c(cc1C)CCN(C(=O)c1csc3c(=O)[nH]c(N)nc13)CC2.Cc1ccccc1-c1csc2c(=O)[nH]c(N)nc12.Nc1nc2c(-c3ccccc3)csc2c(=O)[nH]1.Nc1nc2c(C(=O)N3CCc4ccccc4CC3)csc2c(=O)[nH]1.Nc1nc2c(C(=O)NCCc3ccccc3)csc2c(=O)[nH]1. The van der Waals surface area contributed by atoms with Gasteiger partial charge in [-0.05, 0) is 114 Å². The van der Waals surface area contributed by atoms with E-state index in [-0.39, 0.29) is 92.7 Å². The second-order valence-corrected chi connectivity index (χ2v) is 35.5. The van der Waals surface area contributed by atoms with Crippen LogP contribution in [0.2, 0.25) is 0 Å². The van der Waals surface area contributed by atoms with E-state index in [9.17, 15) is 47.9 Å². The second-order valence-electron chi connectivity index (χ2n) is 30.2. The number of aryl methyl sites for hydroxylation is 2. The molecule has 19 N–H and O–H groups in total. The fraction of sp³-hybridized carbons (Fsp3) is 0.174. The van der Waals surface area contributed by atoms with E-state index in [4.69, 9.17) is 39.1 Å². The summed E-state index contributed by atoms with van der Waals surface area (Å²) in [5.74, 6) is 0.631. The molecule has 0 saturated carbocycles. The van der Waals surface area contributed by atoms with E-state index < -0.39 is 0 Å². The third kappa shape index (κ3) is 20.7. The molecule has 2 aliphatic rings. The highest BCUT2D eigenvalue weighted by atomic mass is 32.1. The van der Waals surface area contributed by atoms with Crippen molar-refractivity contribution in [2.45, 2.75) is 52.4 Å². The number of nitrogens with one attached hydrogen (secondary N) is 7. The number of thiophene rings is 6. The largest absolute Gasteiger partial charge is 0.496 e. The first-order chi connectivity index (χ1) is 63.2. The molecule has 33 nitrogen and oxygen atoms in total. The zero-order valence-electron chi connectivity index (χ0n) is 70.8. The molecule has 18 aromatic rings. The maximum absolute atomic E-state index is 13.1. The molecule has 0 aliphatic carbocycles. The van der Waals surface area contributed by atoms with Crippen molar-refractivity contribution in [2.75, 3.05) is 87.8 Å². The topological polar surface area (TPSA) is 530 Å². The van der Waals surface area contributed by atoms with Crippen LogP contribution >= 0.6 is 68.0 Å². The molecule has 20 rings (SSSR count). The van der Waals surface area contributed by atoms with Crippen molar-refractivity contribution in [3.8, 4) is 28.0 Å². The van der Waals surface area contributed by atoms with Gasteiger partial charge < -0.3 is 59.2 Å². The van der Waals surface area contributed by atoms with Gasteiger partial charge in [0, 0.05) is 89.7 Å². The molecular formula is C92H86N22O11S6. The van der Waals surface area contributed by atoms with E-state index in [0.717, 1.165) is 83.2 Å². The Kier molecular flexibility index (Phi) is 28.0. The number of ether oxygens (including phenoxy) is 1. The lowest BCUT2D eigenvalue weighted by molar-refractivity contribution is 0.0757. The number of nitrogen functional groups attached to an aromatic ring is 6. The van der Waals surface area contributed by atoms with Gasteiger partial charge in [-0.2, -0.15) is 0 Å². The molecule has 0 unspecified atom stereocenters. The van der Waals surface area contributed by atoms with Gasteiger partial charge in [0.25, 0.3) is 57.0 Å². The molecule has 39 heteroatoms. The third-order valence-corrected chi connectivity index (χ3v) is 27.4. The van der Waals surface area contributed by atoms with Crippen LogP contribution < -0.4 is 77.8 Å². The Balaban J connectivity index is 0.000000121. The van der Waals surface area contributed by atoms with Gasteiger partial charge in [0.15, 0.2) is 0 Å². The molecule has 2 aliphatic heterocycles. The number of hydrogen-bond donors (Lipinski definition) is 13. The Morgan fingerprint density at radius 2 is 0.733 bits per heavy atom. The number of carbonyl (C=O) groups excluding carboxylic acids is 4. The van der Waals surface area contributed by atoms with Crippen molar-refractivity contribution >= 4 is 189 Å². The Hall–Kier alpha value is -15.2. The molecule has 0 spiro atoms. The minimum atomic E-state index is -0.323. The summed E-state index contributed by atoms with van der Waals surface area (Å²) in [6.45, 7) is 7.70. The zero-order chi connectivity index (χ0) is 92.3. The fourth-order valence-corrected chi connectivity index (χ4v) is 20.3. The van der Waals surface area contributed by atoms with Crippen molar-refractivity contribution in [3.05, 3.63) is 313 Å². The molecule has 0 saturated heterocycles. The average Bonchev–Trinajstić information content (AvgIpc) is 1.67. The number of fused-ring (bicyclic) bond motifs is 8. The van der Waals surface area contributed by atoms with Gasteiger partial charge in [-0.1, -0.05) is 146 Å². The predicted octanol–water partition coefficient (Wildman–Crippen LogP) is 12.1. The van der Waals surface area contributed by atoms with Gasteiger partial charge in [0.05, 0.1) is 40.4 Å². The highest BCUT2D eigenvalue weighted by molar-refractivity contribution is 7.19. The van der Waals surface area contributed by atoms with Crippen LogP contribution in [0.5, 0.6) is 5.75 Å². The number of carbonyl (C=O) groups is 4. The quantitative estimate of drug-likeness (QED) is 0.0510. The van der Waals surface area contributed by atoms with Gasteiger partial charge in [-0.15, -0.1) is 68.0 Å². The summed E-state index contributed by atoms with van der Waals surface area (Å²) in [5.41, 5.74) is 50.1. The smallest absolute Gasteiger partial charge is 0.270 e. The number of H-pyrrole nitrogens is 6. The van der Waals surface area contributed by atoms with Gasteiger partial charge in [0.2, 0.25) is 35.7 Å². The fourth-order valence-electron chi connectivity index (χ4n) is 15.0. The second kappa shape index (κ2) is 40.4. The maximum atomic E-state index is 13.1. The highest BCUT2D eigenvalue weighted by Gasteiger charge is 2.28. The lowest BCUT2D eigenvalue weighted by Crippen LogP contribution is -2.33. The van der Waals surface area contributed by atoms with Crippen molar-refractivity contribution in [1.82, 2.24) is 79.8 Å². The molecule has 0 radical (unpaired) electrons. The molecule has 12 aromatic heterocycles. The number of amides is 4. The van der Waals surface area contributed by atoms with Crippen LogP contribution in [-0.4, -0.2) is 152 Å². The summed E-state index contributed by atoms with van der Waals surface area (Å²) in [7, 11) is 3.41. The summed E-state index contributed by atoms with van der Waals surface area (Å²) < 4.78 is 8.33. The van der Waals surface area contributed by atoms with E-state index in [1.807, 2.05) is 162 Å². The van der Waals surface area contributed by atoms with E-state index >= 15 is 0 Å². The lowest BCUT2D eigenvalue weighted by Gasteiger charge is -2.19. The number of likely N-dealkylation sites (N-methyl/N-ethyl adjacent to an activating group) is 1. The van der Waals surface area contributed by atoms with Crippen molar-refractivity contribution < 1.29 is 23.9 Å².